The van der Waals surface area contributed by atoms with Gasteiger partial charge in [0, 0.05) is 12.2 Å². The van der Waals surface area contributed by atoms with Crippen LogP contribution in [0.15, 0.2) is 41.4 Å². The Morgan fingerprint density at radius 2 is 1.81 bits per heavy atom. The Balaban J connectivity index is 1.79. The number of aliphatic hydroxyl groups is 2. The van der Waals surface area contributed by atoms with Crippen LogP contribution < -0.4 is 0 Å². The van der Waals surface area contributed by atoms with Crippen molar-refractivity contribution in [3.8, 4) is 11.3 Å². The van der Waals surface area contributed by atoms with E-state index in [2.05, 4.69) is 10.3 Å². The Morgan fingerprint density at radius 1 is 1.14 bits per heavy atom. The molecule has 1 fully saturated rings. The Labute approximate surface area is 219 Å². The molecule has 5 atom stereocenters. The van der Waals surface area contributed by atoms with E-state index >= 15 is 0 Å². The summed E-state index contributed by atoms with van der Waals surface area (Å²) < 4.78 is 80.4. The number of nitrogens with zero attached hydrogens (tertiary/aromatic N) is 3. The molecule has 4 rings (SSSR count). The quantitative estimate of drug-likeness (QED) is 0.408. The highest BCUT2D eigenvalue weighted by Crippen LogP contribution is 2.38. The number of ether oxygens (including phenoxy) is 2. The lowest BCUT2D eigenvalue weighted by Gasteiger charge is -2.43. The Hall–Kier alpha value is -2.26. The maximum atomic E-state index is 13.7. The van der Waals surface area contributed by atoms with E-state index in [1.807, 2.05) is 0 Å². The smallest absolute Gasteiger partial charge is 0.207 e. The Bertz CT molecular complexity index is 1390. The van der Waals surface area contributed by atoms with E-state index in [9.17, 15) is 31.8 Å². The van der Waals surface area contributed by atoms with E-state index in [4.69, 9.17) is 32.7 Å². The number of aliphatic hydroxyl groups excluding tert-OH is 2. The number of hydrogen-bond acceptors (Lipinski definition) is 8. The fourth-order valence-electron chi connectivity index (χ4n) is 4.03. The molecule has 200 valence electrons. The Kier molecular flexibility index (Phi) is 8.14. The highest BCUT2D eigenvalue weighted by molar-refractivity contribution is 7.92. The summed E-state index contributed by atoms with van der Waals surface area (Å²) in [5.41, 5.74) is -2.00. The third-order valence-electron chi connectivity index (χ3n) is 5.80. The number of benzene rings is 2. The largest absolute Gasteiger partial charge is 0.394 e. The third kappa shape index (κ3) is 5.21. The molecule has 15 heteroatoms. The van der Waals surface area contributed by atoms with Gasteiger partial charge in [-0.25, -0.2) is 26.3 Å². The molecule has 1 aliphatic rings. The van der Waals surface area contributed by atoms with Crippen LogP contribution in [0, 0.1) is 17.5 Å². The van der Waals surface area contributed by atoms with Crippen molar-refractivity contribution >= 4 is 33.0 Å². The van der Waals surface area contributed by atoms with Crippen molar-refractivity contribution in [3.63, 3.8) is 0 Å². The molecule has 9 nitrogen and oxygen atoms in total. The summed E-state index contributed by atoms with van der Waals surface area (Å²) in [7, 11) is -4.36. The van der Waals surface area contributed by atoms with Crippen LogP contribution in [0.3, 0.4) is 0 Å². The van der Waals surface area contributed by atoms with Crippen molar-refractivity contribution in [1.29, 1.82) is 0 Å². The molecule has 0 saturated carbocycles. The summed E-state index contributed by atoms with van der Waals surface area (Å²) in [6.07, 6.45) is -3.15. The number of rotatable bonds is 7. The van der Waals surface area contributed by atoms with E-state index in [0.29, 0.717) is 12.1 Å². The molecule has 0 amide bonds. The highest BCUT2D eigenvalue weighted by atomic mass is 35.5. The second-order valence-electron chi connectivity index (χ2n) is 8.09. The normalized spacial score (nSPS) is 24.4. The third-order valence-corrected chi connectivity index (χ3v) is 8.45. The summed E-state index contributed by atoms with van der Waals surface area (Å²) in [5.74, 6) is -4.56. The Morgan fingerprint density at radius 3 is 2.41 bits per heavy atom. The predicted octanol–water partition coefficient (Wildman–Crippen LogP) is 3.17. The summed E-state index contributed by atoms with van der Waals surface area (Å²) >= 11 is 11.9. The molecule has 0 unspecified atom stereocenters. The molecule has 2 heterocycles. The average molecular weight is 582 g/mol. The van der Waals surface area contributed by atoms with Gasteiger partial charge in [0.25, 0.3) is 0 Å². The standard InChI is InChI=1S/C22H20Cl2F3N3O6S/c1-2-35-21-19(30-8-16(28-29-30)10-5-14(25)18(27)15(26)6-10)20(32)17(9-31)36-22(21)37(33,34)11-3-4-12(23)13(24)7-11/h3-8,17,19-22,31-32H,2,9H2,1H3/t17-,19+,20+,21-,22-/m1/s1. The van der Waals surface area contributed by atoms with Gasteiger partial charge >= 0.3 is 0 Å². The van der Waals surface area contributed by atoms with Crippen molar-refractivity contribution in [2.45, 2.75) is 41.6 Å². The molecule has 2 N–H and O–H groups in total. The van der Waals surface area contributed by atoms with Crippen molar-refractivity contribution in [3.05, 3.63) is 64.0 Å². The topological polar surface area (TPSA) is 124 Å². The van der Waals surface area contributed by atoms with Crippen LogP contribution in [0.4, 0.5) is 13.2 Å². The maximum Gasteiger partial charge on any atom is 0.207 e. The van der Waals surface area contributed by atoms with Crippen LogP contribution in [0.5, 0.6) is 0 Å². The van der Waals surface area contributed by atoms with Gasteiger partial charge in [-0.2, -0.15) is 0 Å². The lowest BCUT2D eigenvalue weighted by Crippen LogP contribution is -2.59. The van der Waals surface area contributed by atoms with Gasteiger partial charge in [0.2, 0.25) is 9.84 Å². The van der Waals surface area contributed by atoms with Gasteiger partial charge in [-0.1, -0.05) is 28.4 Å². The summed E-state index contributed by atoms with van der Waals surface area (Å²) in [6, 6.07) is 3.77. The minimum Gasteiger partial charge on any atom is -0.394 e. The lowest BCUT2D eigenvalue weighted by atomic mass is 9.97. The first-order valence-corrected chi connectivity index (χ1v) is 13.1. The second kappa shape index (κ2) is 10.8. The van der Waals surface area contributed by atoms with Crippen LogP contribution in [0.25, 0.3) is 11.3 Å². The van der Waals surface area contributed by atoms with Gasteiger partial charge < -0.3 is 19.7 Å². The van der Waals surface area contributed by atoms with E-state index in [0.717, 1.165) is 10.7 Å². The zero-order valence-corrected chi connectivity index (χ0v) is 21.3. The SMILES string of the molecule is CCO[C@@H]1[C@@H](n2cc(-c3cc(F)c(F)c(F)c3)nn2)[C@@H](O)[C@@H](CO)O[C@@H]1S(=O)(=O)c1ccc(Cl)c(Cl)c1. The fraction of sp³-hybridized carbons (Fsp3) is 0.364. The molecule has 1 aromatic heterocycles. The second-order valence-corrected chi connectivity index (χ2v) is 10.9. The average Bonchev–Trinajstić information content (AvgIpc) is 3.34. The van der Waals surface area contributed by atoms with E-state index in [-0.39, 0.29) is 32.8 Å². The molecule has 0 aliphatic carbocycles. The number of halogens is 5. The molecule has 2 aromatic carbocycles. The van der Waals surface area contributed by atoms with Crippen molar-refractivity contribution in [1.82, 2.24) is 15.0 Å². The summed E-state index contributed by atoms with van der Waals surface area (Å²) in [5, 5.41) is 28.6. The van der Waals surface area contributed by atoms with Crippen LogP contribution in [0.2, 0.25) is 10.0 Å². The lowest BCUT2D eigenvalue weighted by molar-refractivity contribution is -0.194. The number of hydrogen-bond donors (Lipinski definition) is 2. The van der Waals surface area contributed by atoms with E-state index < -0.39 is 63.7 Å². The van der Waals surface area contributed by atoms with Gasteiger partial charge in [-0.3, -0.25) is 0 Å². The maximum absolute atomic E-state index is 13.7. The fourth-order valence-corrected chi connectivity index (χ4v) is 6.08. The van der Waals surface area contributed by atoms with Crippen molar-refractivity contribution in [2.24, 2.45) is 0 Å². The molecule has 1 saturated heterocycles. The van der Waals surface area contributed by atoms with E-state index in [1.165, 1.54) is 18.3 Å². The van der Waals surface area contributed by atoms with Gasteiger partial charge in [-0.05, 0) is 37.3 Å². The van der Waals surface area contributed by atoms with Gasteiger partial charge in [-0.15, -0.1) is 5.10 Å². The van der Waals surface area contributed by atoms with Gasteiger partial charge in [0.05, 0.1) is 27.7 Å². The number of aromatic nitrogens is 3. The van der Waals surface area contributed by atoms with E-state index in [1.54, 1.807) is 6.92 Å². The zero-order valence-electron chi connectivity index (χ0n) is 18.9. The molecule has 0 spiro atoms. The highest BCUT2D eigenvalue weighted by Gasteiger charge is 2.52. The first-order chi connectivity index (χ1) is 17.5. The van der Waals surface area contributed by atoms with Crippen molar-refractivity contribution in [2.75, 3.05) is 13.2 Å². The summed E-state index contributed by atoms with van der Waals surface area (Å²) in [6.45, 7) is 0.811. The molecule has 3 aromatic rings. The molecule has 1 aliphatic heterocycles. The molecule has 0 bridgehead atoms. The molecular formula is C22H20Cl2F3N3O6S. The van der Waals surface area contributed by atoms with Crippen LogP contribution in [-0.4, -0.2) is 70.6 Å². The molecular weight excluding hydrogens is 562 g/mol. The van der Waals surface area contributed by atoms with Crippen LogP contribution in [-0.2, 0) is 19.3 Å². The molecule has 37 heavy (non-hydrogen) atoms. The zero-order chi connectivity index (χ0) is 27.1. The van der Waals surface area contributed by atoms with Crippen molar-refractivity contribution < 1.29 is 41.3 Å². The van der Waals surface area contributed by atoms with Gasteiger partial charge in [0.1, 0.15) is 30.0 Å². The summed E-state index contributed by atoms with van der Waals surface area (Å²) in [4.78, 5) is -0.250. The monoisotopic (exact) mass is 581 g/mol. The minimum absolute atomic E-state index is 0.00955. The van der Waals surface area contributed by atoms with Gasteiger partial charge in [0.15, 0.2) is 22.9 Å². The first-order valence-electron chi connectivity index (χ1n) is 10.8. The molecule has 0 radical (unpaired) electrons. The van der Waals surface area contributed by atoms with Crippen LogP contribution >= 0.6 is 23.2 Å². The first kappa shape index (κ1) is 27.8. The predicted molar refractivity (Wildman–Crippen MR) is 125 cm³/mol. The minimum atomic E-state index is -4.36. The van der Waals surface area contributed by atoms with Crippen LogP contribution in [0.1, 0.15) is 13.0 Å². The number of sulfone groups is 1.